The maximum absolute atomic E-state index is 16.5. The number of nitrogens with zero attached hydrogens (tertiary/aromatic N) is 5. The third kappa shape index (κ3) is 8.77. The minimum absolute atomic E-state index is 0.0595. The number of carbonyl (C=O) groups excluding carboxylic acids is 1. The van der Waals surface area contributed by atoms with Gasteiger partial charge in [-0.25, -0.2) is 27.5 Å². The standard InChI is InChI=1S/C50H57FN8O8S/c1-30(2)35-7-4-5-8-36(35)39-9-6-18-58(39)33-25-50(26-33)15-19-57(20-16-50)40-23-42(67-34-21-32-12-17-52-47(32)54-28-34)37(22-38(40)51)48(60)56-68(64,65)43-24-41(59(62)63)44(46-45(43)55-29-66-46)53-27-31-10-13-49(3,61)14-11-31/h4-5,7-8,12,17,21-24,28-31,33,39,53,61H,6,9-11,13-16,18-20,25-27H2,1-3H3,(H,52,54)(H,56,60)/t31?,39-,49?/m0/s1. The highest BCUT2D eigenvalue weighted by Crippen LogP contribution is 2.54. The summed E-state index contributed by atoms with van der Waals surface area (Å²) in [5, 5.41) is 26.6. The molecule has 0 bridgehead atoms. The van der Waals surface area contributed by atoms with Crippen LogP contribution < -0.4 is 19.7 Å². The van der Waals surface area contributed by atoms with Crippen LogP contribution in [0.3, 0.4) is 0 Å². The zero-order valence-corrected chi connectivity index (χ0v) is 39.3. The Balaban J connectivity index is 0.887. The minimum atomic E-state index is -4.92. The maximum Gasteiger partial charge on any atom is 0.297 e. The fraction of sp³-hybridized carbons (Fsp3) is 0.460. The van der Waals surface area contributed by atoms with Crippen LogP contribution in [0.4, 0.5) is 21.5 Å². The Morgan fingerprint density at radius 1 is 1.06 bits per heavy atom. The van der Waals surface area contributed by atoms with Gasteiger partial charge in [-0.2, -0.15) is 0 Å². The van der Waals surface area contributed by atoms with Crippen molar-refractivity contribution in [3.05, 3.63) is 106 Å². The summed E-state index contributed by atoms with van der Waals surface area (Å²) in [6.45, 7) is 8.86. The smallest absolute Gasteiger partial charge is 0.297 e. The van der Waals surface area contributed by atoms with Crippen molar-refractivity contribution in [2.24, 2.45) is 11.3 Å². The number of carbonyl (C=O) groups is 1. The number of halogens is 1. The molecule has 1 amide bonds. The lowest BCUT2D eigenvalue weighted by atomic mass is 9.59. The first-order valence-corrected chi connectivity index (χ1v) is 25.2. The quantitative estimate of drug-likeness (QED) is 0.0629. The van der Waals surface area contributed by atoms with Crippen LogP contribution in [0.5, 0.6) is 11.5 Å². The number of piperidine rings is 1. The molecular weight excluding hydrogens is 892 g/mol. The third-order valence-electron chi connectivity index (χ3n) is 15.2. The molecule has 4 fully saturated rings. The van der Waals surface area contributed by atoms with E-state index in [1.54, 1.807) is 25.3 Å². The van der Waals surface area contributed by atoms with Crippen molar-refractivity contribution in [2.45, 2.75) is 113 Å². The molecule has 68 heavy (non-hydrogen) atoms. The number of hydrogen-bond acceptors (Lipinski definition) is 13. The van der Waals surface area contributed by atoms with Crippen molar-refractivity contribution in [2.75, 3.05) is 36.4 Å². The van der Waals surface area contributed by atoms with E-state index in [2.05, 4.69) is 63.3 Å². The predicted octanol–water partition coefficient (Wildman–Crippen LogP) is 9.72. The number of hydrogen-bond donors (Lipinski definition) is 4. The first-order chi connectivity index (χ1) is 32.6. The minimum Gasteiger partial charge on any atom is -0.455 e. The van der Waals surface area contributed by atoms with Gasteiger partial charge in [-0.3, -0.25) is 19.8 Å². The second-order valence-electron chi connectivity index (χ2n) is 20.0. The van der Waals surface area contributed by atoms with Crippen LogP contribution in [0.25, 0.3) is 22.1 Å². The number of nitro benzene ring substituents is 1. The number of oxazole rings is 1. The van der Waals surface area contributed by atoms with Gasteiger partial charge in [-0.15, -0.1) is 0 Å². The molecule has 10 rings (SSSR count). The van der Waals surface area contributed by atoms with Gasteiger partial charge >= 0.3 is 0 Å². The van der Waals surface area contributed by atoms with Gasteiger partial charge in [0.25, 0.3) is 21.6 Å². The van der Waals surface area contributed by atoms with E-state index in [9.17, 15) is 28.4 Å². The molecule has 4 N–H and O–H groups in total. The molecule has 3 aromatic heterocycles. The molecule has 2 aliphatic heterocycles. The van der Waals surface area contributed by atoms with E-state index in [1.165, 1.54) is 29.8 Å². The van der Waals surface area contributed by atoms with Gasteiger partial charge in [-0.1, -0.05) is 38.1 Å². The van der Waals surface area contributed by atoms with Crippen LogP contribution in [0.2, 0.25) is 0 Å². The monoisotopic (exact) mass is 948 g/mol. The molecule has 2 saturated heterocycles. The van der Waals surface area contributed by atoms with Gasteiger partial charge < -0.3 is 29.5 Å². The summed E-state index contributed by atoms with van der Waals surface area (Å²) in [5.41, 5.74) is 1.55. The summed E-state index contributed by atoms with van der Waals surface area (Å²) in [6, 6.07) is 16.5. The Morgan fingerprint density at radius 2 is 1.82 bits per heavy atom. The van der Waals surface area contributed by atoms with Crippen molar-refractivity contribution in [1.82, 2.24) is 24.6 Å². The van der Waals surface area contributed by atoms with Crippen LogP contribution in [-0.4, -0.2) is 82.0 Å². The van der Waals surface area contributed by atoms with Crippen molar-refractivity contribution >= 4 is 55.1 Å². The number of nitrogens with one attached hydrogen (secondary N) is 3. The van der Waals surface area contributed by atoms with E-state index < -0.39 is 48.4 Å². The van der Waals surface area contributed by atoms with Crippen LogP contribution >= 0.6 is 0 Å². The number of sulfonamides is 1. The number of benzene rings is 3. The SMILES string of the molecule is CC(C)c1ccccc1[C@@H]1CCCN1C1CC2(CCN(c3cc(Oc4cnc5[nH]ccc5c4)c(C(=O)NS(=O)(=O)c4cc([N+](=O)[O-])c(NCC5CCC(C)(O)CC5)c5ocnc45)cc3F)CC2)C1. The highest BCUT2D eigenvalue weighted by Gasteiger charge is 2.50. The normalized spacial score (nSPS) is 22.2. The second kappa shape index (κ2) is 17.8. The molecule has 6 aromatic rings. The van der Waals surface area contributed by atoms with Crippen molar-refractivity contribution < 1.29 is 36.8 Å². The lowest BCUT2D eigenvalue weighted by Crippen LogP contribution is -2.55. The zero-order valence-electron chi connectivity index (χ0n) is 38.5. The second-order valence-corrected chi connectivity index (χ2v) is 21.7. The molecule has 1 spiro atoms. The highest BCUT2D eigenvalue weighted by atomic mass is 32.2. The molecule has 0 radical (unpaired) electrons. The first-order valence-electron chi connectivity index (χ1n) is 23.7. The van der Waals surface area contributed by atoms with E-state index in [1.807, 2.05) is 9.62 Å². The lowest BCUT2D eigenvalue weighted by Gasteiger charge is -2.56. The molecular formula is C50H57FN8O8S. The van der Waals surface area contributed by atoms with E-state index >= 15 is 4.39 Å². The Bertz CT molecular complexity index is 3000. The molecule has 0 unspecified atom stereocenters. The molecule has 5 heterocycles. The number of aromatic amines is 1. The Morgan fingerprint density at radius 3 is 2.57 bits per heavy atom. The molecule has 18 heteroatoms. The van der Waals surface area contributed by atoms with Gasteiger partial charge in [0.1, 0.15) is 33.4 Å². The van der Waals surface area contributed by atoms with Gasteiger partial charge in [0.05, 0.1) is 28.0 Å². The Kier molecular flexibility index (Phi) is 11.9. The molecule has 358 valence electrons. The molecule has 4 aliphatic rings. The summed E-state index contributed by atoms with van der Waals surface area (Å²) >= 11 is 0. The highest BCUT2D eigenvalue weighted by molar-refractivity contribution is 7.90. The molecule has 16 nitrogen and oxygen atoms in total. The summed E-state index contributed by atoms with van der Waals surface area (Å²) in [4.78, 5) is 41.4. The number of aliphatic hydroxyl groups is 1. The number of fused-ring (bicyclic) bond motifs is 2. The maximum atomic E-state index is 16.5. The van der Waals surface area contributed by atoms with Gasteiger partial charge in [-0.05, 0) is 124 Å². The number of ether oxygens (including phenoxy) is 1. The average molecular weight is 949 g/mol. The summed E-state index contributed by atoms with van der Waals surface area (Å²) in [6.07, 6.45) is 12.9. The first kappa shape index (κ1) is 45.7. The van der Waals surface area contributed by atoms with Crippen molar-refractivity contribution in [3.8, 4) is 11.5 Å². The third-order valence-corrected chi connectivity index (χ3v) is 16.5. The Labute approximate surface area is 393 Å². The van der Waals surface area contributed by atoms with E-state index in [0.717, 1.165) is 57.2 Å². The molecule has 2 saturated carbocycles. The van der Waals surface area contributed by atoms with E-state index in [-0.39, 0.29) is 45.3 Å². The van der Waals surface area contributed by atoms with Crippen LogP contribution in [0, 0.1) is 27.3 Å². The molecule has 3 aromatic carbocycles. The topological polar surface area (TPSA) is 209 Å². The van der Waals surface area contributed by atoms with Crippen molar-refractivity contribution in [1.29, 1.82) is 0 Å². The number of likely N-dealkylation sites (tertiary alicyclic amines) is 1. The van der Waals surface area contributed by atoms with Crippen LogP contribution in [0.15, 0.2) is 82.7 Å². The fourth-order valence-corrected chi connectivity index (χ4v) is 12.5. The number of nitro groups is 1. The molecule has 2 aliphatic carbocycles. The van der Waals surface area contributed by atoms with Gasteiger partial charge in [0, 0.05) is 55.4 Å². The number of anilines is 2. The van der Waals surface area contributed by atoms with Gasteiger partial charge in [0.2, 0.25) is 0 Å². The number of aromatic nitrogens is 3. The number of rotatable bonds is 13. The van der Waals surface area contributed by atoms with Crippen LogP contribution in [-0.2, 0) is 10.0 Å². The Hall–Kier alpha value is -6.11. The lowest BCUT2D eigenvalue weighted by molar-refractivity contribution is -0.384. The fourth-order valence-electron chi connectivity index (χ4n) is 11.3. The predicted molar refractivity (Wildman–Crippen MR) is 255 cm³/mol. The van der Waals surface area contributed by atoms with E-state index in [4.69, 9.17) is 9.15 Å². The molecule has 1 atom stereocenters. The van der Waals surface area contributed by atoms with Crippen molar-refractivity contribution in [3.63, 3.8) is 0 Å². The summed E-state index contributed by atoms with van der Waals surface area (Å²) in [7, 11) is -4.92. The summed E-state index contributed by atoms with van der Waals surface area (Å²) in [5.74, 6) is -1.31. The van der Waals surface area contributed by atoms with Gasteiger partial charge in [0.15, 0.2) is 17.7 Å². The zero-order chi connectivity index (χ0) is 47.5. The average Bonchev–Trinajstić information content (AvgIpc) is 4.10. The number of amides is 1. The number of pyridine rings is 1. The number of H-pyrrole nitrogens is 1. The van der Waals surface area contributed by atoms with E-state index in [0.29, 0.717) is 74.4 Å². The summed E-state index contributed by atoms with van der Waals surface area (Å²) < 4.78 is 58.6. The largest absolute Gasteiger partial charge is 0.455 e. The van der Waals surface area contributed by atoms with Crippen LogP contribution in [0.1, 0.15) is 118 Å².